The van der Waals surface area contributed by atoms with Crippen molar-refractivity contribution in [3.05, 3.63) is 29.8 Å². The Hall–Kier alpha value is -1.31. The van der Waals surface area contributed by atoms with E-state index in [9.17, 15) is 4.79 Å². The molecule has 0 unspecified atom stereocenters. The average molecular weight is 163 g/mol. The van der Waals surface area contributed by atoms with Gasteiger partial charge in [0.05, 0.1) is 0 Å². The number of ketones is 1. The van der Waals surface area contributed by atoms with Crippen molar-refractivity contribution in [2.45, 2.75) is 13.8 Å². The molecule has 0 saturated heterocycles. The minimum Gasteiger partial charge on any atom is -0.399 e. The van der Waals surface area contributed by atoms with E-state index in [0.29, 0.717) is 11.3 Å². The topological polar surface area (TPSA) is 43.1 Å². The van der Waals surface area contributed by atoms with E-state index in [4.69, 9.17) is 5.73 Å². The molecule has 2 N–H and O–H groups in total. The van der Waals surface area contributed by atoms with Crippen molar-refractivity contribution >= 4 is 11.5 Å². The first-order chi connectivity index (χ1) is 5.61. The van der Waals surface area contributed by atoms with E-state index >= 15 is 0 Å². The molecule has 1 aromatic rings. The fourth-order valence-electron chi connectivity index (χ4n) is 1.03. The molecule has 12 heavy (non-hydrogen) atoms. The number of rotatable bonds is 2. The standard InChI is InChI=1S/C10H13NO/c1-7(2)10(12)8-4-3-5-9(11)6-8/h3-7H,11H2,1-2H3. The summed E-state index contributed by atoms with van der Waals surface area (Å²) in [6, 6.07) is 7.07. The molecule has 2 heteroatoms. The molecule has 0 amide bonds. The van der Waals surface area contributed by atoms with Gasteiger partial charge in [0.2, 0.25) is 0 Å². The highest BCUT2D eigenvalue weighted by Gasteiger charge is 2.09. The van der Waals surface area contributed by atoms with Crippen LogP contribution in [0.4, 0.5) is 5.69 Å². The third-order valence-electron chi connectivity index (χ3n) is 1.70. The molecule has 0 aromatic heterocycles. The zero-order valence-electron chi connectivity index (χ0n) is 7.37. The minimum atomic E-state index is 0.0341. The van der Waals surface area contributed by atoms with Gasteiger partial charge in [-0.1, -0.05) is 26.0 Å². The van der Waals surface area contributed by atoms with E-state index in [-0.39, 0.29) is 11.7 Å². The lowest BCUT2D eigenvalue weighted by molar-refractivity contribution is 0.0939. The van der Waals surface area contributed by atoms with Gasteiger partial charge in [0.1, 0.15) is 0 Å². The number of Topliss-reactive ketones (excluding diaryl/α,β-unsaturated/α-hetero) is 1. The molecule has 0 aliphatic heterocycles. The predicted molar refractivity (Wildman–Crippen MR) is 50.0 cm³/mol. The van der Waals surface area contributed by atoms with Crippen molar-refractivity contribution in [3.63, 3.8) is 0 Å². The molecule has 0 aliphatic carbocycles. The zero-order chi connectivity index (χ0) is 9.14. The summed E-state index contributed by atoms with van der Waals surface area (Å²) in [5.41, 5.74) is 6.88. The lowest BCUT2D eigenvalue weighted by Gasteiger charge is -2.03. The van der Waals surface area contributed by atoms with Crippen molar-refractivity contribution in [3.8, 4) is 0 Å². The molecular formula is C10H13NO. The molecule has 0 aliphatic rings. The molecule has 64 valence electrons. The first-order valence-electron chi connectivity index (χ1n) is 4.01. The minimum absolute atomic E-state index is 0.0341. The summed E-state index contributed by atoms with van der Waals surface area (Å²) in [4.78, 5) is 11.4. The van der Waals surface area contributed by atoms with Gasteiger partial charge in [-0.3, -0.25) is 4.79 Å². The maximum Gasteiger partial charge on any atom is 0.165 e. The Labute approximate surface area is 72.4 Å². The van der Waals surface area contributed by atoms with Gasteiger partial charge in [-0.15, -0.1) is 0 Å². The predicted octanol–water partition coefficient (Wildman–Crippen LogP) is 2.11. The molecule has 0 radical (unpaired) electrons. The summed E-state index contributed by atoms with van der Waals surface area (Å²) >= 11 is 0. The van der Waals surface area contributed by atoms with Crippen molar-refractivity contribution in [1.82, 2.24) is 0 Å². The van der Waals surface area contributed by atoms with Gasteiger partial charge in [0.25, 0.3) is 0 Å². The summed E-state index contributed by atoms with van der Waals surface area (Å²) in [5.74, 6) is 0.175. The Balaban J connectivity index is 2.96. The van der Waals surface area contributed by atoms with E-state index in [2.05, 4.69) is 0 Å². The van der Waals surface area contributed by atoms with Gasteiger partial charge in [-0.05, 0) is 12.1 Å². The second-order valence-corrected chi connectivity index (χ2v) is 3.14. The van der Waals surface area contributed by atoms with E-state index in [1.54, 1.807) is 24.3 Å². The van der Waals surface area contributed by atoms with Gasteiger partial charge in [0.15, 0.2) is 5.78 Å². The van der Waals surface area contributed by atoms with Gasteiger partial charge in [-0.2, -0.15) is 0 Å². The Morgan fingerprint density at radius 3 is 2.58 bits per heavy atom. The van der Waals surface area contributed by atoms with Crippen LogP contribution in [0.25, 0.3) is 0 Å². The van der Waals surface area contributed by atoms with Crippen molar-refractivity contribution in [2.75, 3.05) is 5.73 Å². The highest BCUT2D eigenvalue weighted by molar-refractivity contribution is 5.98. The number of carbonyl (C=O) groups is 1. The normalized spacial score (nSPS) is 10.2. The van der Waals surface area contributed by atoms with Crippen LogP contribution >= 0.6 is 0 Å². The third kappa shape index (κ3) is 1.84. The van der Waals surface area contributed by atoms with Crippen LogP contribution in [0, 0.1) is 5.92 Å². The highest BCUT2D eigenvalue weighted by Crippen LogP contribution is 2.11. The summed E-state index contributed by atoms with van der Waals surface area (Å²) in [6.45, 7) is 3.76. The Bertz CT molecular complexity index is 292. The highest BCUT2D eigenvalue weighted by atomic mass is 16.1. The molecule has 2 nitrogen and oxygen atoms in total. The number of anilines is 1. The lowest BCUT2D eigenvalue weighted by atomic mass is 10.0. The summed E-state index contributed by atoms with van der Waals surface area (Å²) < 4.78 is 0. The van der Waals surface area contributed by atoms with E-state index in [1.165, 1.54) is 0 Å². The maximum atomic E-state index is 11.4. The Morgan fingerprint density at radius 2 is 2.08 bits per heavy atom. The first kappa shape index (κ1) is 8.78. The van der Waals surface area contributed by atoms with Crippen molar-refractivity contribution in [1.29, 1.82) is 0 Å². The number of benzene rings is 1. The molecule has 0 atom stereocenters. The zero-order valence-corrected chi connectivity index (χ0v) is 7.37. The summed E-state index contributed by atoms with van der Waals surface area (Å²) in [6.07, 6.45) is 0. The molecular weight excluding hydrogens is 150 g/mol. The fourth-order valence-corrected chi connectivity index (χ4v) is 1.03. The summed E-state index contributed by atoms with van der Waals surface area (Å²) in [7, 11) is 0. The SMILES string of the molecule is CC(C)C(=O)c1cccc(N)c1. The number of nitrogens with two attached hydrogens (primary N) is 1. The number of hydrogen-bond acceptors (Lipinski definition) is 2. The van der Waals surface area contributed by atoms with Crippen LogP contribution in [0.2, 0.25) is 0 Å². The van der Waals surface area contributed by atoms with Crippen LogP contribution in [0.15, 0.2) is 24.3 Å². The quantitative estimate of drug-likeness (QED) is 0.536. The third-order valence-corrected chi connectivity index (χ3v) is 1.70. The second kappa shape index (κ2) is 3.39. The van der Waals surface area contributed by atoms with Gasteiger partial charge < -0.3 is 5.73 Å². The van der Waals surface area contributed by atoms with Crippen LogP contribution < -0.4 is 5.73 Å². The maximum absolute atomic E-state index is 11.4. The van der Waals surface area contributed by atoms with E-state index < -0.39 is 0 Å². The monoisotopic (exact) mass is 163 g/mol. The second-order valence-electron chi connectivity index (χ2n) is 3.14. The van der Waals surface area contributed by atoms with Gasteiger partial charge in [0, 0.05) is 17.2 Å². The van der Waals surface area contributed by atoms with Crippen molar-refractivity contribution in [2.24, 2.45) is 5.92 Å². The molecule has 0 saturated carbocycles. The Kier molecular flexibility index (Phi) is 2.48. The van der Waals surface area contributed by atoms with Crippen molar-refractivity contribution < 1.29 is 4.79 Å². The van der Waals surface area contributed by atoms with E-state index in [0.717, 1.165) is 0 Å². The average Bonchev–Trinajstić information content (AvgIpc) is 2.03. The first-order valence-corrected chi connectivity index (χ1v) is 4.01. The summed E-state index contributed by atoms with van der Waals surface area (Å²) in [5, 5.41) is 0. The van der Waals surface area contributed by atoms with Gasteiger partial charge in [-0.25, -0.2) is 0 Å². The molecule has 0 heterocycles. The van der Waals surface area contributed by atoms with E-state index in [1.807, 2.05) is 13.8 Å². The molecule has 1 aromatic carbocycles. The number of nitrogen functional groups attached to an aromatic ring is 1. The largest absolute Gasteiger partial charge is 0.399 e. The van der Waals surface area contributed by atoms with Crippen LogP contribution in [-0.4, -0.2) is 5.78 Å². The lowest BCUT2D eigenvalue weighted by Crippen LogP contribution is -2.07. The molecule has 0 bridgehead atoms. The van der Waals surface area contributed by atoms with Crippen LogP contribution in [0.3, 0.4) is 0 Å². The van der Waals surface area contributed by atoms with Crippen LogP contribution in [0.5, 0.6) is 0 Å². The Morgan fingerprint density at radius 1 is 1.42 bits per heavy atom. The van der Waals surface area contributed by atoms with Crippen LogP contribution in [0.1, 0.15) is 24.2 Å². The number of carbonyl (C=O) groups excluding carboxylic acids is 1. The molecule has 0 spiro atoms. The number of hydrogen-bond donors (Lipinski definition) is 1. The van der Waals surface area contributed by atoms with Gasteiger partial charge >= 0.3 is 0 Å². The molecule has 1 rings (SSSR count). The van der Waals surface area contributed by atoms with Crippen LogP contribution in [-0.2, 0) is 0 Å². The molecule has 0 fully saturated rings. The smallest absolute Gasteiger partial charge is 0.165 e. The fraction of sp³-hybridized carbons (Fsp3) is 0.300.